The Hall–Kier alpha value is -2.50. The number of amides is 2. The Morgan fingerprint density at radius 3 is 2.56 bits per heavy atom. The number of nitrogens with one attached hydrogen (secondary N) is 3. The number of para-hydroxylation sites is 1. The van der Waals surface area contributed by atoms with E-state index in [0.717, 1.165) is 22.0 Å². The topological polar surface area (TPSA) is 77.2 Å². The number of aromatic nitrogens is 1. The van der Waals surface area contributed by atoms with Crippen LogP contribution in [0.2, 0.25) is 5.02 Å². The van der Waals surface area contributed by atoms with Gasteiger partial charge in [-0.25, -0.2) is 4.79 Å². The largest absolute Gasteiger partial charge is 0.396 e. The third-order valence-corrected chi connectivity index (χ3v) is 5.01. The summed E-state index contributed by atoms with van der Waals surface area (Å²) in [5.41, 5.74) is 3.10. The molecule has 4 N–H and O–H groups in total. The molecule has 0 aliphatic rings. The van der Waals surface area contributed by atoms with Gasteiger partial charge >= 0.3 is 6.03 Å². The van der Waals surface area contributed by atoms with Crippen LogP contribution in [0.25, 0.3) is 10.9 Å². The van der Waals surface area contributed by atoms with E-state index in [4.69, 9.17) is 16.7 Å². The summed E-state index contributed by atoms with van der Waals surface area (Å²) in [4.78, 5) is 15.5. The molecule has 2 unspecified atom stereocenters. The van der Waals surface area contributed by atoms with Gasteiger partial charge in [0.25, 0.3) is 0 Å². The van der Waals surface area contributed by atoms with E-state index in [2.05, 4.69) is 21.7 Å². The number of hydrogen-bond donors (Lipinski definition) is 4. The molecule has 0 aliphatic carbocycles. The molecule has 2 atom stereocenters. The van der Waals surface area contributed by atoms with Crippen molar-refractivity contribution < 1.29 is 9.90 Å². The number of hydrogen-bond acceptors (Lipinski definition) is 2. The molecule has 0 saturated heterocycles. The van der Waals surface area contributed by atoms with Crippen molar-refractivity contribution in [2.75, 3.05) is 19.7 Å². The lowest BCUT2D eigenvalue weighted by Crippen LogP contribution is -2.40. The molecule has 142 valence electrons. The van der Waals surface area contributed by atoms with Crippen LogP contribution in [-0.2, 0) is 0 Å². The van der Waals surface area contributed by atoms with E-state index in [-0.39, 0.29) is 24.5 Å². The van der Waals surface area contributed by atoms with Crippen LogP contribution in [0.5, 0.6) is 0 Å². The van der Waals surface area contributed by atoms with Crippen molar-refractivity contribution in [3.8, 4) is 0 Å². The highest BCUT2D eigenvalue weighted by atomic mass is 35.5. The summed E-state index contributed by atoms with van der Waals surface area (Å²) >= 11 is 6.46. The molecule has 1 aromatic heterocycles. The van der Waals surface area contributed by atoms with Gasteiger partial charge in [-0.2, -0.15) is 0 Å². The maximum atomic E-state index is 12.2. The standard InChI is InChI=1S/C21H24ClN3O2/c1-14(13-26)10-24-21(27)25-12-17(15-6-2-4-8-19(15)22)18-11-23-20-9-5-3-7-16(18)20/h2-9,11,14,17,23,26H,10,12-13H2,1H3,(H2,24,25,27). The number of benzene rings is 2. The van der Waals surface area contributed by atoms with Gasteiger partial charge in [-0.3, -0.25) is 0 Å². The lowest BCUT2D eigenvalue weighted by molar-refractivity contribution is 0.222. The zero-order valence-corrected chi connectivity index (χ0v) is 16.0. The van der Waals surface area contributed by atoms with E-state index in [1.165, 1.54) is 0 Å². The van der Waals surface area contributed by atoms with Crippen LogP contribution >= 0.6 is 11.6 Å². The van der Waals surface area contributed by atoms with Crippen molar-refractivity contribution in [2.24, 2.45) is 5.92 Å². The summed E-state index contributed by atoms with van der Waals surface area (Å²) in [6.07, 6.45) is 1.98. The Morgan fingerprint density at radius 2 is 1.78 bits per heavy atom. The van der Waals surface area contributed by atoms with Gasteiger partial charge in [0.1, 0.15) is 0 Å². The number of urea groups is 1. The smallest absolute Gasteiger partial charge is 0.314 e. The van der Waals surface area contributed by atoms with Crippen molar-refractivity contribution in [2.45, 2.75) is 12.8 Å². The van der Waals surface area contributed by atoms with E-state index in [0.29, 0.717) is 18.1 Å². The molecule has 3 rings (SSSR count). The van der Waals surface area contributed by atoms with Crippen LogP contribution in [0, 0.1) is 5.92 Å². The second kappa shape index (κ2) is 8.93. The zero-order valence-electron chi connectivity index (χ0n) is 15.2. The number of aliphatic hydroxyl groups excluding tert-OH is 1. The maximum absolute atomic E-state index is 12.2. The summed E-state index contributed by atoms with van der Waals surface area (Å²) in [7, 11) is 0. The molecule has 1 heterocycles. The summed E-state index contributed by atoms with van der Waals surface area (Å²) in [6, 6.07) is 15.5. The van der Waals surface area contributed by atoms with Gasteiger partial charge in [0.2, 0.25) is 0 Å². The zero-order chi connectivity index (χ0) is 19.2. The minimum Gasteiger partial charge on any atom is -0.396 e. The lowest BCUT2D eigenvalue weighted by atomic mass is 9.91. The van der Waals surface area contributed by atoms with Crippen molar-refractivity contribution >= 4 is 28.5 Å². The van der Waals surface area contributed by atoms with Gasteiger partial charge in [0.05, 0.1) is 0 Å². The second-order valence-corrected chi connectivity index (χ2v) is 7.15. The number of halogens is 1. The number of carbonyl (C=O) groups is 1. The normalized spacial score (nSPS) is 13.3. The fourth-order valence-corrected chi connectivity index (χ4v) is 3.38. The minimum atomic E-state index is -0.257. The van der Waals surface area contributed by atoms with Crippen LogP contribution in [-0.4, -0.2) is 35.8 Å². The van der Waals surface area contributed by atoms with Gasteiger partial charge in [0, 0.05) is 47.7 Å². The third kappa shape index (κ3) is 4.62. The fraction of sp³-hybridized carbons (Fsp3) is 0.286. The first-order valence-electron chi connectivity index (χ1n) is 9.03. The highest BCUT2D eigenvalue weighted by molar-refractivity contribution is 6.31. The number of fused-ring (bicyclic) bond motifs is 1. The molecule has 3 aromatic rings. The maximum Gasteiger partial charge on any atom is 0.314 e. The Morgan fingerprint density at radius 1 is 1.07 bits per heavy atom. The molecule has 0 radical (unpaired) electrons. The van der Waals surface area contributed by atoms with Gasteiger partial charge < -0.3 is 20.7 Å². The molecule has 0 fully saturated rings. The Balaban J connectivity index is 1.83. The quantitative estimate of drug-likeness (QED) is 0.498. The van der Waals surface area contributed by atoms with E-state index in [9.17, 15) is 4.79 Å². The summed E-state index contributed by atoms with van der Waals surface area (Å²) in [5, 5.41) is 16.6. The van der Waals surface area contributed by atoms with E-state index < -0.39 is 0 Å². The first kappa shape index (κ1) is 19.3. The van der Waals surface area contributed by atoms with Crippen molar-refractivity contribution in [3.05, 3.63) is 70.9 Å². The monoisotopic (exact) mass is 385 g/mol. The minimum absolute atomic E-state index is 0.0173. The van der Waals surface area contributed by atoms with E-state index >= 15 is 0 Å². The molecule has 0 aliphatic heterocycles. The summed E-state index contributed by atoms with van der Waals surface area (Å²) < 4.78 is 0. The predicted octanol–water partition coefficient (Wildman–Crippen LogP) is 3.88. The van der Waals surface area contributed by atoms with Gasteiger partial charge in [0.15, 0.2) is 0 Å². The average Bonchev–Trinajstić information content (AvgIpc) is 3.11. The van der Waals surface area contributed by atoms with Gasteiger partial charge in [-0.1, -0.05) is 54.9 Å². The SMILES string of the molecule is CC(CO)CNC(=O)NCC(c1ccccc1Cl)c1c[nH]c2ccccc12. The number of carbonyl (C=O) groups excluding carboxylic acids is 1. The molecule has 2 amide bonds. The molecular formula is C21H24ClN3O2. The third-order valence-electron chi connectivity index (χ3n) is 4.67. The van der Waals surface area contributed by atoms with Gasteiger partial charge in [-0.15, -0.1) is 0 Å². The van der Waals surface area contributed by atoms with Crippen LogP contribution in [0.4, 0.5) is 4.79 Å². The first-order valence-corrected chi connectivity index (χ1v) is 9.41. The predicted molar refractivity (Wildman–Crippen MR) is 109 cm³/mol. The molecule has 5 nitrogen and oxygen atoms in total. The van der Waals surface area contributed by atoms with Crippen LogP contribution in [0.1, 0.15) is 24.0 Å². The number of aromatic amines is 1. The average molecular weight is 386 g/mol. The highest BCUT2D eigenvalue weighted by Gasteiger charge is 2.21. The molecule has 6 heteroatoms. The molecular weight excluding hydrogens is 362 g/mol. The molecule has 0 spiro atoms. The van der Waals surface area contributed by atoms with Crippen LogP contribution in [0.15, 0.2) is 54.7 Å². The van der Waals surface area contributed by atoms with Crippen molar-refractivity contribution in [1.82, 2.24) is 15.6 Å². The van der Waals surface area contributed by atoms with E-state index in [1.54, 1.807) is 0 Å². The molecule has 2 aromatic carbocycles. The van der Waals surface area contributed by atoms with Crippen LogP contribution in [0.3, 0.4) is 0 Å². The lowest BCUT2D eigenvalue weighted by Gasteiger charge is -2.20. The van der Waals surface area contributed by atoms with Crippen molar-refractivity contribution in [1.29, 1.82) is 0 Å². The number of aliphatic hydroxyl groups is 1. The van der Waals surface area contributed by atoms with E-state index in [1.807, 2.05) is 55.6 Å². The Bertz CT molecular complexity index is 909. The number of H-pyrrole nitrogens is 1. The molecule has 27 heavy (non-hydrogen) atoms. The van der Waals surface area contributed by atoms with Crippen LogP contribution < -0.4 is 10.6 Å². The number of rotatable bonds is 7. The van der Waals surface area contributed by atoms with Crippen molar-refractivity contribution in [3.63, 3.8) is 0 Å². The summed E-state index contributed by atoms with van der Waals surface area (Å²) in [5.74, 6) is -0.0698. The fourth-order valence-electron chi connectivity index (χ4n) is 3.12. The first-order chi connectivity index (χ1) is 13.1. The molecule has 0 bridgehead atoms. The Labute approximate surface area is 163 Å². The Kier molecular flexibility index (Phi) is 6.37. The second-order valence-electron chi connectivity index (χ2n) is 6.74. The highest BCUT2D eigenvalue weighted by Crippen LogP contribution is 2.33. The summed E-state index contributed by atoms with van der Waals surface area (Å²) in [6.45, 7) is 2.74. The molecule has 0 saturated carbocycles. The van der Waals surface area contributed by atoms with Gasteiger partial charge in [-0.05, 0) is 29.2 Å².